The summed E-state index contributed by atoms with van der Waals surface area (Å²) in [5, 5.41) is 2.99. The topological polar surface area (TPSA) is 71.2 Å². The summed E-state index contributed by atoms with van der Waals surface area (Å²) in [4.78, 5) is 17.8. The molecule has 2 rings (SSSR count). The number of aromatic nitrogens is 1. The fourth-order valence-electron chi connectivity index (χ4n) is 2.57. The number of amides is 1. The van der Waals surface area contributed by atoms with Crippen molar-refractivity contribution in [1.82, 2.24) is 10.3 Å². The molecule has 0 saturated carbocycles. The Morgan fingerprint density at radius 2 is 1.96 bits per heavy atom. The van der Waals surface area contributed by atoms with Crippen molar-refractivity contribution in [3.8, 4) is 0 Å². The van der Waals surface area contributed by atoms with Gasteiger partial charge in [-0.1, -0.05) is 6.92 Å². The Bertz CT molecular complexity index is 551. The van der Waals surface area contributed by atoms with E-state index in [4.69, 9.17) is 5.73 Å². The van der Waals surface area contributed by atoms with E-state index < -0.39 is 11.7 Å². The molecule has 24 heavy (non-hydrogen) atoms. The molecule has 0 bridgehead atoms. The molecule has 2 atom stereocenters. The van der Waals surface area contributed by atoms with Gasteiger partial charge in [0.1, 0.15) is 5.82 Å². The maximum absolute atomic E-state index is 12.6. The quantitative estimate of drug-likeness (QED) is 0.878. The van der Waals surface area contributed by atoms with E-state index in [9.17, 15) is 18.0 Å². The maximum atomic E-state index is 12.6. The summed E-state index contributed by atoms with van der Waals surface area (Å²) in [5.74, 6) is 0.215. The summed E-state index contributed by atoms with van der Waals surface area (Å²) in [7, 11) is 0. The van der Waals surface area contributed by atoms with Gasteiger partial charge in [-0.25, -0.2) is 4.98 Å². The van der Waals surface area contributed by atoms with E-state index in [1.165, 1.54) is 6.07 Å². The molecule has 0 aliphatic carbocycles. The lowest BCUT2D eigenvalue weighted by atomic mass is 10.0. The van der Waals surface area contributed by atoms with Crippen molar-refractivity contribution in [1.29, 1.82) is 0 Å². The van der Waals surface area contributed by atoms with Crippen LogP contribution in [0.2, 0.25) is 0 Å². The summed E-state index contributed by atoms with van der Waals surface area (Å²) in [6.45, 7) is 4.86. The van der Waals surface area contributed by atoms with Gasteiger partial charge in [0.25, 0.3) is 0 Å². The minimum atomic E-state index is -4.38. The van der Waals surface area contributed by atoms with Crippen LogP contribution in [-0.2, 0) is 11.0 Å². The molecule has 5 nitrogen and oxygen atoms in total. The third kappa shape index (κ3) is 4.59. The lowest BCUT2D eigenvalue weighted by molar-refractivity contribution is -0.137. The van der Waals surface area contributed by atoms with Crippen LogP contribution in [0.3, 0.4) is 0 Å². The van der Waals surface area contributed by atoms with Gasteiger partial charge in [0.05, 0.1) is 5.56 Å². The van der Waals surface area contributed by atoms with Crippen molar-refractivity contribution in [3.05, 3.63) is 23.9 Å². The second-order valence-corrected chi connectivity index (χ2v) is 6.32. The number of nitrogens with two attached hydrogens (primary N) is 1. The summed E-state index contributed by atoms with van der Waals surface area (Å²) in [6, 6.07) is 2.28. The van der Waals surface area contributed by atoms with Crippen LogP contribution in [0.1, 0.15) is 32.3 Å². The van der Waals surface area contributed by atoms with Gasteiger partial charge < -0.3 is 16.0 Å². The smallest absolute Gasteiger partial charge is 0.356 e. The van der Waals surface area contributed by atoms with Crippen LogP contribution in [0.4, 0.5) is 19.0 Å². The molecule has 0 radical (unpaired) electrons. The molecule has 1 amide bonds. The average molecular weight is 344 g/mol. The molecule has 1 aliphatic heterocycles. The molecule has 1 fully saturated rings. The predicted octanol–water partition coefficient (Wildman–Crippen LogP) is 2.17. The number of anilines is 1. The standard InChI is InChI=1S/C16H23F3N4O/c1-10(11(2)20)15(24)22-13-5-7-23(8-6-13)14-4-3-12(9-21-14)16(17,18)19/h3-4,9-11,13H,5-8,20H2,1-2H3,(H,22,24). The lowest BCUT2D eigenvalue weighted by Gasteiger charge is -2.34. The zero-order chi connectivity index (χ0) is 17.9. The van der Waals surface area contributed by atoms with E-state index in [0.717, 1.165) is 25.1 Å². The third-order valence-corrected chi connectivity index (χ3v) is 4.44. The first-order chi connectivity index (χ1) is 11.2. The fourth-order valence-corrected chi connectivity index (χ4v) is 2.57. The minimum Gasteiger partial charge on any atom is -0.356 e. The van der Waals surface area contributed by atoms with Crippen LogP contribution < -0.4 is 16.0 Å². The Morgan fingerprint density at radius 1 is 1.33 bits per heavy atom. The van der Waals surface area contributed by atoms with Gasteiger partial charge >= 0.3 is 6.18 Å². The Hall–Kier alpha value is -1.83. The molecular formula is C16H23F3N4O. The Balaban J connectivity index is 1.87. The largest absolute Gasteiger partial charge is 0.417 e. The van der Waals surface area contributed by atoms with E-state index in [1.54, 1.807) is 13.8 Å². The SMILES string of the molecule is CC(N)C(C)C(=O)NC1CCN(c2ccc(C(F)(F)F)cn2)CC1. The average Bonchev–Trinajstić information content (AvgIpc) is 2.54. The van der Waals surface area contributed by atoms with Crippen molar-refractivity contribution in [2.24, 2.45) is 11.7 Å². The molecule has 1 saturated heterocycles. The van der Waals surface area contributed by atoms with Gasteiger partial charge in [-0.05, 0) is 31.9 Å². The van der Waals surface area contributed by atoms with Gasteiger partial charge in [-0.2, -0.15) is 13.2 Å². The molecule has 1 aromatic heterocycles. The minimum absolute atomic E-state index is 0.0592. The number of rotatable bonds is 4. The predicted molar refractivity (Wildman–Crippen MR) is 85.4 cm³/mol. The lowest BCUT2D eigenvalue weighted by Crippen LogP contribution is -2.48. The van der Waals surface area contributed by atoms with Crippen LogP contribution in [0.25, 0.3) is 0 Å². The molecular weight excluding hydrogens is 321 g/mol. The number of nitrogens with one attached hydrogen (secondary N) is 1. The number of pyridine rings is 1. The third-order valence-electron chi connectivity index (χ3n) is 4.44. The van der Waals surface area contributed by atoms with E-state index >= 15 is 0 Å². The van der Waals surface area contributed by atoms with Crippen LogP contribution in [0.15, 0.2) is 18.3 Å². The van der Waals surface area contributed by atoms with E-state index in [1.807, 2.05) is 4.90 Å². The Morgan fingerprint density at radius 3 is 2.42 bits per heavy atom. The number of hydrogen-bond donors (Lipinski definition) is 2. The molecule has 2 heterocycles. The highest BCUT2D eigenvalue weighted by Gasteiger charge is 2.31. The maximum Gasteiger partial charge on any atom is 0.417 e. The summed E-state index contributed by atoms with van der Waals surface area (Å²) >= 11 is 0. The summed E-state index contributed by atoms with van der Waals surface area (Å²) in [6.07, 6.45) is -2.08. The van der Waals surface area contributed by atoms with Gasteiger partial charge in [0.2, 0.25) is 5.91 Å². The van der Waals surface area contributed by atoms with Crippen molar-refractivity contribution < 1.29 is 18.0 Å². The first-order valence-electron chi connectivity index (χ1n) is 8.02. The Kier molecular flexibility index (Phi) is 5.69. The highest BCUT2D eigenvalue weighted by atomic mass is 19.4. The van der Waals surface area contributed by atoms with Crippen LogP contribution in [0.5, 0.6) is 0 Å². The van der Waals surface area contributed by atoms with E-state index in [2.05, 4.69) is 10.3 Å². The number of nitrogens with zero attached hydrogens (tertiary/aromatic N) is 2. The molecule has 2 unspecified atom stereocenters. The first kappa shape index (κ1) is 18.5. The number of carbonyl (C=O) groups excluding carboxylic acids is 1. The second kappa shape index (κ2) is 7.38. The molecule has 1 aromatic rings. The monoisotopic (exact) mass is 344 g/mol. The van der Waals surface area contributed by atoms with Gasteiger partial charge in [0, 0.05) is 37.3 Å². The first-order valence-corrected chi connectivity index (χ1v) is 8.02. The fraction of sp³-hybridized carbons (Fsp3) is 0.625. The van der Waals surface area contributed by atoms with Gasteiger partial charge in [0.15, 0.2) is 0 Å². The van der Waals surface area contributed by atoms with Crippen molar-refractivity contribution in [2.75, 3.05) is 18.0 Å². The van der Waals surface area contributed by atoms with Gasteiger partial charge in [-0.15, -0.1) is 0 Å². The number of hydrogen-bond acceptors (Lipinski definition) is 4. The zero-order valence-electron chi connectivity index (χ0n) is 13.8. The normalized spacial score (nSPS) is 19.0. The van der Waals surface area contributed by atoms with Crippen molar-refractivity contribution in [2.45, 2.75) is 44.9 Å². The van der Waals surface area contributed by atoms with Crippen molar-refractivity contribution in [3.63, 3.8) is 0 Å². The summed E-state index contributed by atoms with van der Waals surface area (Å²) in [5.41, 5.74) is 4.97. The number of halogens is 3. The van der Waals surface area contributed by atoms with E-state index in [-0.39, 0.29) is 23.9 Å². The van der Waals surface area contributed by atoms with Crippen LogP contribution >= 0.6 is 0 Å². The van der Waals surface area contributed by atoms with Crippen molar-refractivity contribution >= 4 is 11.7 Å². The molecule has 0 spiro atoms. The number of carbonyl (C=O) groups is 1. The molecule has 1 aliphatic rings. The Labute approximate surface area is 139 Å². The molecule has 3 N–H and O–H groups in total. The molecule has 8 heteroatoms. The van der Waals surface area contributed by atoms with Crippen LogP contribution in [0, 0.1) is 5.92 Å². The molecule has 0 aromatic carbocycles. The second-order valence-electron chi connectivity index (χ2n) is 6.32. The van der Waals surface area contributed by atoms with E-state index in [0.29, 0.717) is 18.9 Å². The van der Waals surface area contributed by atoms with Gasteiger partial charge in [-0.3, -0.25) is 4.79 Å². The summed E-state index contributed by atoms with van der Waals surface area (Å²) < 4.78 is 37.7. The number of piperidine rings is 1. The highest BCUT2D eigenvalue weighted by Crippen LogP contribution is 2.29. The molecule has 134 valence electrons. The number of alkyl halides is 3. The zero-order valence-corrected chi connectivity index (χ0v) is 13.8. The highest BCUT2D eigenvalue weighted by molar-refractivity contribution is 5.79. The van der Waals surface area contributed by atoms with Crippen LogP contribution in [-0.4, -0.2) is 36.1 Å².